The molecule has 9 heteroatoms. The van der Waals surface area contributed by atoms with Gasteiger partial charge in [-0.25, -0.2) is 17.8 Å². The smallest absolute Gasteiger partial charge is 0.244 e. The van der Waals surface area contributed by atoms with E-state index in [1.165, 1.54) is 16.4 Å². The van der Waals surface area contributed by atoms with Gasteiger partial charge in [0.15, 0.2) is 5.13 Å². The van der Waals surface area contributed by atoms with Gasteiger partial charge in [0, 0.05) is 6.54 Å². The van der Waals surface area contributed by atoms with Gasteiger partial charge in [-0.05, 0) is 31.0 Å². The first kappa shape index (κ1) is 16.3. The topological polar surface area (TPSA) is 79.4 Å². The third-order valence-corrected chi connectivity index (χ3v) is 5.99. The number of rotatable bonds is 3. The van der Waals surface area contributed by atoms with Crippen LogP contribution in [0.1, 0.15) is 19.3 Å². The number of hydrogen-bond donors (Lipinski definition) is 1. The van der Waals surface area contributed by atoms with E-state index in [9.17, 15) is 17.6 Å². The molecule has 0 radical (unpaired) electrons. The molecule has 1 unspecified atom stereocenters. The zero-order valence-corrected chi connectivity index (χ0v) is 14.1. The Labute approximate surface area is 137 Å². The van der Waals surface area contributed by atoms with Crippen molar-refractivity contribution in [3.8, 4) is 0 Å². The Morgan fingerprint density at radius 2 is 2.22 bits per heavy atom. The van der Waals surface area contributed by atoms with Gasteiger partial charge in [-0.3, -0.25) is 4.79 Å². The summed E-state index contributed by atoms with van der Waals surface area (Å²) in [6.07, 6.45) is 3.14. The summed E-state index contributed by atoms with van der Waals surface area (Å²) in [5, 5.41) is 3.00. The van der Waals surface area contributed by atoms with Crippen molar-refractivity contribution in [1.82, 2.24) is 9.29 Å². The molecule has 1 amide bonds. The number of carbonyl (C=O) groups is 1. The van der Waals surface area contributed by atoms with Gasteiger partial charge in [0.25, 0.3) is 0 Å². The monoisotopic (exact) mass is 357 g/mol. The van der Waals surface area contributed by atoms with Crippen LogP contribution in [0.15, 0.2) is 18.2 Å². The Bertz CT molecular complexity index is 850. The number of halogens is 1. The van der Waals surface area contributed by atoms with Gasteiger partial charge in [-0.2, -0.15) is 4.31 Å². The number of sulfonamides is 1. The third kappa shape index (κ3) is 3.51. The lowest BCUT2D eigenvalue weighted by Gasteiger charge is -2.32. The quantitative estimate of drug-likeness (QED) is 0.913. The number of fused-ring (bicyclic) bond motifs is 1. The van der Waals surface area contributed by atoms with E-state index in [0.29, 0.717) is 28.3 Å². The molecular formula is C14H16FN3O3S2. The predicted molar refractivity (Wildman–Crippen MR) is 87.4 cm³/mol. The van der Waals surface area contributed by atoms with Crippen LogP contribution in [0.3, 0.4) is 0 Å². The molecule has 1 aliphatic rings. The van der Waals surface area contributed by atoms with Crippen LogP contribution < -0.4 is 5.32 Å². The van der Waals surface area contributed by atoms with Crippen molar-refractivity contribution in [3.05, 3.63) is 24.0 Å². The number of nitrogens with zero attached hydrogens (tertiary/aromatic N) is 2. The van der Waals surface area contributed by atoms with Crippen molar-refractivity contribution in [2.45, 2.75) is 25.3 Å². The number of carbonyl (C=O) groups excluding carboxylic acids is 1. The second kappa shape index (κ2) is 6.14. The molecule has 1 saturated heterocycles. The largest absolute Gasteiger partial charge is 0.301 e. The molecule has 0 saturated carbocycles. The maximum absolute atomic E-state index is 13.2. The van der Waals surface area contributed by atoms with Crippen LogP contribution in [0.4, 0.5) is 9.52 Å². The van der Waals surface area contributed by atoms with Crippen LogP contribution in [0.2, 0.25) is 0 Å². The maximum Gasteiger partial charge on any atom is 0.244 e. The lowest BCUT2D eigenvalue weighted by Crippen LogP contribution is -2.49. The van der Waals surface area contributed by atoms with Crippen molar-refractivity contribution in [3.63, 3.8) is 0 Å². The van der Waals surface area contributed by atoms with E-state index in [1.807, 2.05) is 0 Å². The molecule has 1 aliphatic heterocycles. The van der Waals surface area contributed by atoms with Crippen LogP contribution in [0.5, 0.6) is 0 Å². The second-order valence-electron chi connectivity index (χ2n) is 5.51. The van der Waals surface area contributed by atoms with Gasteiger partial charge in [0.1, 0.15) is 11.9 Å². The number of thiazole rings is 1. The lowest BCUT2D eigenvalue weighted by molar-refractivity contribution is -0.120. The molecular weight excluding hydrogens is 341 g/mol. The Kier molecular flexibility index (Phi) is 4.35. The molecule has 2 aromatic rings. The number of piperidine rings is 1. The summed E-state index contributed by atoms with van der Waals surface area (Å²) in [6, 6.07) is 3.48. The van der Waals surface area contributed by atoms with Gasteiger partial charge >= 0.3 is 0 Å². The summed E-state index contributed by atoms with van der Waals surface area (Å²) in [5.74, 6) is -0.760. The lowest BCUT2D eigenvalue weighted by atomic mass is 10.0. The number of anilines is 1. The Morgan fingerprint density at radius 1 is 1.43 bits per heavy atom. The molecule has 3 rings (SSSR count). The van der Waals surface area contributed by atoms with E-state index in [1.54, 1.807) is 6.07 Å². The van der Waals surface area contributed by atoms with Crippen LogP contribution in [0.25, 0.3) is 10.2 Å². The van der Waals surface area contributed by atoms with Gasteiger partial charge in [0.05, 0.1) is 16.5 Å². The first-order chi connectivity index (χ1) is 10.8. The standard InChI is InChI=1S/C14H16FN3O3S2/c1-23(20,21)18-7-3-2-4-11(18)13(19)17-14-16-10-6-5-9(15)8-12(10)22-14/h5-6,8,11H,2-4,7H2,1H3,(H,16,17,19). The van der Waals surface area contributed by atoms with E-state index in [2.05, 4.69) is 10.3 Å². The number of hydrogen-bond acceptors (Lipinski definition) is 5. The average Bonchev–Trinajstić information content (AvgIpc) is 2.87. The molecule has 1 fully saturated rings. The Morgan fingerprint density at radius 3 is 2.96 bits per heavy atom. The highest BCUT2D eigenvalue weighted by atomic mass is 32.2. The minimum atomic E-state index is -3.44. The maximum atomic E-state index is 13.2. The molecule has 0 aliphatic carbocycles. The second-order valence-corrected chi connectivity index (χ2v) is 8.47. The molecule has 1 aromatic carbocycles. The highest BCUT2D eigenvalue weighted by molar-refractivity contribution is 7.88. The van der Waals surface area contributed by atoms with Gasteiger partial charge < -0.3 is 5.32 Å². The summed E-state index contributed by atoms with van der Waals surface area (Å²) in [5.41, 5.74) is 0.593. The van der Waals surface area contributed by atoms with E-state index in [4.69, 9.17) is 0 Å². The normalized spacial score (nSPS) is 19.8. The molecule has 1 aromatic heterocycles. The van der Waals surface area contributed by atoms with Crippen molar-refractivity contribution >= 4 is 42.6 Å². The highest BCUT2D eigenvalue weighted by Crippen LogP contribution is 2.28. The van der Waals surface area contributed by atoms with Gasteiger partial charge in [-0.15, -0.1) is 0 Å². The summed E-state index contributed by atoms with van der Waals surface area (Å²) in [7, 11) is -3.44. The SMILES string of the molecule is CS(=O)(=O)N1CCCCC1C(=O)Nc1nc2ccc(F)cc2s1. The van der Waals surface area contributed by atoms with Crippen molar-refractivity contribution in [2.75, 3.05) is 18.1 Å². The van der Waals surface area contributed by atoms with Gasteiger partial charge in [0.2, 0.25) is 15.9 Å². The number of nitrogens with one attached hydrogen (secondary N) is 1. The first-order valence-electron chi connectivity index (χ1n) is 7.18. The van der Waals surface area contributed by atoms with Crippen molar-refractivity contribution in [1.29, 1.82) is 0 Å². The number of amides is 1. The summed E-state index contributed by atoms with van der Waals surface area (Å²) in [6.45, 7) is 0.349. The predicted octanol–water partition coefficient (Wildman–Crippen LogP) is 2.19. The molecule has 0 bridgehead atoms. The van der Waals surface area contributed by atoms with E-state index in [0.717, 1.165) is 30.4 Å². The zero-order chi connectivity index (χ0) is 16.6. The molecule has 1 atom stereocenters. The van der Waals surface area contributed by atoms with E-state index < -0.39 is 22.0 Å². The fourth-order valence-electron chi connectivity index (χ4n) is 2.70. The van der Waals surface area contributed by atoms with Crippen LogP contribution >= 0.6 is 11.3 Å². The summed E-state index contributed by atoms with van der Waals surface area (Å²) >= 11 is 1.16. The molecule has 2 heterocycles. The summed E-state index contributed by atoms with van der Waals surface area (Å²) in [4.78, 5) is 16.7. The Hall–Kier alpha value is -1.58. The fraction of sp³-hybridized carbons (Fsp3) is 0.429. The molecule has 0 spiro atoms. The van der Waals surface area contributed by atoms with Gasteiger partial charge in [-0.1, -0.05) is 17.8 Å². The molecule has 23 heavy (non-hydrogen) atoms. The molecule has 6 nitrogen and oxygen atoms in total. The van der Waals surface area contributed by atoms with E-state index in [-0.39, 0.29) is 5.82 Å². The Balaban J connectivity index is 1.81. The molecule has 124 valence electrons. The highest BCUT2D eigenvalue weighted by Gasteiger charge is 2.34. The van der Waals surface area contributed by atoms with Crippen molar-refractivity contribution < 1.29 is 17.6 Å². The van der Waals surface area contributed by atoms with Crippen LogP contribution in [-0.4, -0.2) is 42.5 Å². The molecule has 1 N–H and O–H groups in total. The first-order valence-corrected chi connectivity index (χ1v) is 9.85. The number of aromatic nitrogens is 1. The fourth-order valence-corrected chi connectivity index (χ4v) is 4.72. The average molecular weight is 357 g/mol. The minimum absolute atomic E-state index is 0.342. The minimum Gasteiger partial charge on any atom is -0.301 e. The van der Waals surface area contributed by atoms with Crippen LogP contribution in [-0.2, 0) is 14.8 Å². The van der Waals surface area contributed by atoms with Crippen molar-refractivity contribution in [2.24, 2.45) is 0 Å². The van der Waals surface area contributed by atoms with Crippen LogP contribution in [0, 0.1) is 5.82 Å². The number of benzene rings is 1. The zero-order valence-electron chi connectivity index (χ0n) is 12.5. The van der Waals surface area contributed by atoms with E-state index >= 15 is 0 Å². The summed E-state index contributed by atoms with van der Waals surface area (Å²) < 4.78 is 38.7. The third-order valence-electron chi connectivity index (χ3n) is 3.76.